The number of piperidine rings is 1. The van der Waals surface area contributed by atoms with Crippen LogP contribution in [0.3, 0.4) is 0 Å². The molecule has 0 spiro atoms. The van der Waals surface area contributed by atoms with Crippen LogP contribution in [0.4, 0.5) is 0 Å². The number of likely N-dealkylation sites (tertiary alicyclic amines) is 1. The van der Waals surface area contributed by atoms with Gasteiger partial charge in [0.2, 0.25) is 5.88 Å². The molecule has 0 saturated carbocycles. The van der Waals surface area contributed by atoms with Crippen LogP contribution in [0.2, 0.25) is 0 Å². The van der Waals surface area contributed by atoms with Gasteiger partial charge in [-0.2, -0.15) is 5.10 Å². The molecule has 1 amide bonds. The van der Waals surface area contributed by atoms with E-state index in [1.165, 1.54) is 0 Å². The second-order valence-corrected chi connectivity index (χ2v) is 7.94. The Labute approximate surface area is 181 Å². The van der Waals surface area contributed by atoms with E-state index >= 15 is 0 Å². The van der Waals surface area contributed by atoms with Gasteiger partial charge in [0.05, 0.1) is 23.4 Å². The van der Waals surface area contributed by atoms with Crippen molar-refractivity contribution in [1.29, 1.82) is 0 Å². The van der Waals surface area contributed by atoms with Crippen molar-refractivity contribution in [3.8, 4) is 17.1 Å². The zero-order chi connectivity index (χ0) is 21.8. The van der Waals surface area contributed by atoms with Gasteiger partial charge < -0.3 is 9.64 Å². The summed E-state index contributed by atoms with van der Waals surface area (Å²) in [4.78, 5) is 31.3. The lowest BCUT2D eigenvalue weighted by Gasteiger charge is -2.32. The van der Waals surface area contributed by atoms with Crippen LogP contribution in [0, 0.1) is 0 Å². The van der Waals surface area contributed by atoms with E-state index < -0.39 is 0 Å². The molecular formula is C24H26N4O3. The smallest absolute Gasteiger partial charge is 0.267 e. The van der Waals surface area contributed by atoms with Crippen LogP contribution in [0.25, 0.3) is 11.3 Å². The molecule has 1 saturated heterocycles. The fourth-order valence-electron chi connectivity index (χ4n) is 3.76. The minimum Gasteiger partial charge on any atom is -0.475 e. The van der Waals surface area contributed by atoms with E-state index in [2.05, 4.69) is 10.1 Å². The molecule has 0 N–H and O–H groups in total. The Kier molecular flexibility index (Phi) is 6.11. The van der Waals surface area contributed by atoms with E-state index in [9.17, 15) is 9.59 Å². The highest BCUT2D eigenvalue weighted by atomic mass is 16.5. The first kappa shape index (κ1) is 20.8. The number of carbonyl (C=O) groups excluding carboxylic acids is 1. The molecule has 2 aromatic heterocycles. The van der Waals surface area contributed by atoms with Crippen molar-refractivity contribution >= 4 is 5.91 Å². The summed E-state index contributed by atoms with van der Waals surface area (Å²) in [6.45, 7) is 5.00. The lowest BCUT2D eigenvalue weighted by atomic mass is 10.0. The number of hydrogen-bond donors (Lipinski definition) is 0. The molecule has 7 nitrogen and oxygen atoms in total. The van der Waals surface area contributed by atoms with Crippen LogP contribution >= 0.6 is 0 Å². The number of amides is 1. The summed E-state index contributed by atoms with van der Waals surface area (Å²) in [5, 5.41) is 4.60. The van der Waals surface area contributed by atoms with Crippen LogP contribution in [0.1, 0.15) is 43.1 Å². The van der Waals surface area contributed by atoms with Crippen LogP contribution in [-0.2, 0) is 0 Å². The summed E-state index contributed by atoms with van der Waals surface area (Å²) in [5.41, 5.74) is 2.17. The van der Waals surface area contributed by atoms with Gasteiger partial charge in [0.15, 0.2) is 0 Å². The van der Waals surface area contributed by atoms with Crippen molar-refractivity contribution in [1.82, 2.24) is 19.7 Å². The number of pyridine rings is 1. The summed E-state index contributed by atoms with van der Waals surface area (Å²) in [7, 11) is 0. The highest BCUT2D eigenvalue weighted by Gasteiger charge is 2.26. The molecule has 0 bridgehead atoms. The van der Waals surface area contributed by atoms with Crippen LogP contribution < -0.4 is 10.3 Å². The predicted molar refractivity (Wildman–Crippen MR) is 118 cm³/mol. The molecule has 7 heteroatoms. The van der Waals surface area contributed by atoms with Gasteiger partial charge in [0.25, 0.3) is 11.5 Å². The molecule has 0 aliphatic carbocycles. The molecule has 1 aliphatic heterocycles. The first-order valence-corrected chi connectivity index (χ1v) is 10.6. The van der Waals surface area contributed by atoms with Gasteiger partial charge in [-0.25, -0.2) is 9.67 Å². The maximum atomic E-state index is 12.8. The van der Waals surface area contributed by atoms with Gasteiger partial charge in [-0.15, -0.1) is 0 Å². The van der Waals surface area contributed by atoms with Crippen molar-refractivity contribution < 1.29 is 9.53 Å². The Morgan fingerprint density at radius 2 is 1.77 bits per heavy atom. The third-order valence-electron chi connectivity index (χ3n) is 5.33. The lowest BCUT2D eigenvalue weighted by molar-refractivity contribution is 0.0687. The molecule has 3 heterocycles. The Morgan fingerprint density at radius 1 is 1.03 bits per heavy atom. The quantitative estimate of drug-likeness (QED) is 0.633. The zero-order valence-electron chi connectivity index (χ0n) is 17.8. The summed E-state index contributed by atoms with van der Waals surface area (Å²) >= 11 is 0. The van der Waals surface area contributed by atoms with Gasteiger partial charge in [0, 0.05) is 37.0 Å². The molecule has 31 heavy (non-hydrogen) atoms. The fourth-order valence-corrected chi connectivity index (χ4v) is 3.76. The SMILES string of the molecule is CC(C)Oc1ccc(C(=O)N2CCC(n3nc(-c4ccccc4)ccc3=O)CC2)cn1. The molecule has 1 fully saturated rings. The van der Waals surface area contributed by atoms with Gasteiger partial charge in [-0.3, -0.25) is 9.59 Å². The molecule has 4 rings (SSSR count). The second kappa shape index (κ2) is 9.12. The summed E-state index contributed by atoms with van der Waals surface area (Å²) < 4.78 is 7.11. The average Bonchev–Trinajstić information content (AvgIpc) is 2.80. The third kappa shape index (κ3) is 4.82. The number of aromatic nitrogens is 3. The van der Waals surface area contributed by atoms with Gasteiger partial charge >= 0.3 is 0 Å². The van der Waals surface area contributed by atoms with Crippen molar-refractivity contribution in [2.24, 2.45) is 0 Å². The van der Waals surface area contributed by atoms with Crippen LogP contribution in [0.5, 0.6) is 5.88 Å². The lowest BCUT2D eigenvalue weighted by Crippen LogP contribution is -2.41. The summed E-state index contributed by atoms with van der Waals surface area (Å²) in [5.74, 6) is 0.453. The Hall–Kier alpha value is -3.48. The second-order valence-electron chi connectivity index (χ2n) is 7.94. The highest BCUT2D eigenvalue weighted by Crippen LogP contribution is 2.23. The van der Waals surface area contributed by atoms with Crippen LogP contribution in [-0.4, -0.2) is 44.8 Å². The maximum Gasteiger partial charge on any atom is 0.267 e. The Bertz CT molecular complexity index is 1090. The maximum absolute atomic E-state index is 12.8. The Balaban J connectivity index is 1.43. The Morgan fingerprint density at radius 3 is 2.42 bits per heavy atom. The molecule has 0 radical (unpaired) electrons. The summed E-state index contributed by atoms with van der Waals surface area (Å²) in [6.07, 6.45) is 2.95. The standard InChI is InChI=1S/C24H26N4O3/c1-17(2)31-22-10-8-19(16-25-22)24(30)27-14-12-20(13-15-27)28-23(29)11-9-21(26-28)18-6-4-3-5-7-18/h3-11,16-17,20H,12-15H2,1-2H3. The van der Waals surface area contributed by atoms with Crippen molar-refractivity contribution in [2.45, 2.75) is 38.8 Å². The molecular weight excluding hydrogens is 392 g/mol. The van der Waals surface area contributed by atoms with Crippen molar-refractivity contribution in [3.05, 3.63) is 76.7 Å². The molecule has 0 unspecified atom stereocenters. The van der Waals surface area contributed by atoms with E-state index in [0.29, 0.717) is 37.4 Å². The minimum absolute atomic E-state index is 0.0276. The average molecular weight is 418 g/mol. The van der Waals surface area contributed by atoms with Crippen LogP contribution in [0.15, 0.2) is 65.6 Å². The number of hydrogen-bond acceptors (Lipinski definition) is 5. The van der Waals surface area contributed by atoms with E-state index in [4.69, 9.17) is 4.74 Å². The fraction of sp³-hybridized carbons (Fsp3) is 0.333. The van der Waals surface area contributed by atoms with Gasteiger partial charge in [-0.1, -0.05) is 30.3 Å². The van der Waals surface area contributed by atoms with E-state index in [0.717, 1.165) is 11.3 Å². The van der Waals surface area contributed by atoms with E-state index in [-0.39, 0.29) is 23.6 Å². The molecule has 160 valence electrons. The minimum atomic E-state index is -0.116. The molecule has 1 aromatic carbocycles. The monoisotopic (exact) mass is 418 g/mol. The number of nitrogens with zero attached hydrogens (tertiary/aromatic N) is 4. The molecule has 3 aromatic rings. The van der Waals surface area contributed by atoms with Crippen molar-refractivity contribution in [2.75, 3.05) is 13.1 Å². The molecule has 1 aliphatic rings. The number of rotatable bonds is 5. The number of ether oxygens (including phenoxy) is 1. The van der Waals surface area contributed by atoms with Gasteiger partial charge in [-0.05, 0) is 38.8 Å². The van der Waals surface area contributed by atoms with E-state index in [1.54, 1.807) is 35.1 Å². The number of benzene rings is 1. The first-order chi connectivity index (χ1) is 15.0. The topological polar surface area (TPSA) is 77.3 Å². The largest absolute Gasteiger partial charge is 0.475 e. The highest BCUT2D eigenvalue weighted by molar-refractivity contribution is 5.94. The number of carbonyl (C=O) groups is 1. The van der Waals surface area contributed by atoms with Crippen molar-refractivity contribution in [3.63, 3.8) is 0 Å². The first-order valence-electron chi connectivity index (χ1n) is 10.6. The molecule has 0 atom stereocenters. The normalized spacial score (nSPS) is 14.6. The summed E-state index contributed by atoms with van der Waals surface area (Å²) in [6, 6.07) is 16.6. The third-order valence-corrected chi connectivity index (χ3v) is 5.33. The van der Waals surface area contributed by atoms with Gasteiger partial charge in [0.1, 0.15) is 0 Å². The zero-order valence-corrected chi connectivity index (χ0v) is 17.8. The predicted octanol–water partition coefficient (Wildman–Crippen LogP) is 3.57. The van der Waals surface area contributed by atoms with E-state index in [1.807, 2.05) is 49.1 Å².